The SMILES string of the molecule is FC(F)(F)c1cccc(-c2nc3c([nH]2)CNCC3)c1. The van der Waals surface area contributed by atoms with Crippen molar-refractivity contribution in [3.8, 4) is 11.4 Å². The number of nitrogens with zero attached hydrogens (tertiary/aromatic N) is 1. The third-order valence-electron chi connectivity index (χ3n) is 3.17. The van der Waals surface area contributed by atoms with E-state index in [1.807, 2.05) is 0 Å². The molecular weight excluding hydrogens is 255 g/mol. The lowest BCUT2D eigenvalue weighted by Gasteiger charge is -2.09. The van der Waals surface area contributed by atoms with Crippen LogP contribution in [0.2, 0.25) is 0 Å². The van der Waals surface area contributed by atoms with Gasteiger partial charge < -0.3 is 10.3 Å². The maximum absolute atomic E-state index is 12.7. The highest BCUT2D eigenvalue weighted by atomic mass is 19.4. The van der Waals surface area contributed by atoms with Crippen molar-refractivity contribution in [3.05, 3.63) is 41.2 Å². The van der Waals surface area contributed by atoms with Gasteiger partial charge in [0.1, 0.15) is 5.82 Å². The topological polar surface area (TPSA) is 40.7 Å². The van der Waals surface area contributed by atoms with Gasteiger partial charge in [-0.2, -0.15) is 13.2 Å². The summed E-state index contributed by atoms with van der Waals surface area (Å²) >= 11 is 0. The molecule has 0 fully saturated rings. The summed E-state index contributed by atoms with van der Waals surface area (Å²) < 4.78 is 38.0. The van der Waals surface area contributed by atoms with Crippen LogP contribution in [0.15, 0.2) is 24.3 Å². The molecule has 1 aromatic heterocycles. The van der Waals surface area contributed by atoms with Crippen LogP contribution in [0, 0.1) is 0 Å². The third-order valence-corrected chi connectivity index (χ3v) is 3.17. The van der Waals surface area contributed by atoms with E-state index in [1.54, 1.807) is 6.07 Å². The molecule has 2 aromatic rings. The van der Waals surface area contributed by atoms with E-state index in [0.29, 0.717) is 17.9 Å². The molecule has 0 saturated heterocycles. The van der Waals surface area contributed by atoms with E-state index in [1.165, 1.54) is 6.07 Å². The smallest absolute Gasteiger partial charge is 0.341 e. The zero-order valence-corrected chi connectivity index (χ0v) is 10.0. The third kappa shape index (κ3) is 2.35. The van der Waals surface area contributed by atoms with Crippen molar-refractivity contribution in [3.63, 3.8) is 0 Å². The largest absolute Gasteiger partial charge is 0.416 e. The van der Waals surface area contributed by atoms with E-state index in [9.17, 15) is 13.2 Å². The Bertz CT molecular complexity index is 578. The number of H-pyrrole nitrogens is 1. The lowest BCUT2D eigenvalue weighted by atomic mass is 10.1. The van der Waals surface area contributed by atoms with E-state index in [-0.39, 0.29) is 0 Å². The minimum absolute atomic E-state index is 0.462. The first kappa shape index (κ1) is 12.2. The molecule has 1 aliphatic rings. The van der Waals surface area contributed by atoms with Gasteiger partial charge in [-0.1, -0.05) is 12.1 Å². The van der Waals surface area contributed by atoms with Crippen LogP contribution in [0.1, 0.15) is 17.0 Å². The molecular formula is C13H12F3N3. The molecule has 3 nitrogen and oxygen atoms in total. The summed E-state index contributed by atoms with van der Waals surface area (Å²) in [6.07, 6.45) is -3.53. The normalized spacial score (nSPS) is 15.3. The Kier molecular flexibility index (Phi) is 2.82. The summed E-state index contributed by atoms with van der Waals surface area (Å²) in [7, 11) is 0. The second kappa shape index (κ2) is 4.38. The summed E-state index contributed by atoms with van der Waals surface area (Å²) in [5.41, 5.74) is 1.70. The number of benzene rings is 1. The Labute approximate surface area is 107 Å². The maximum atomic E-state index is 12.7. The minimum atomic E-state index is -4.33. The summed E-state index contributed by atoms with van der Waals surface area (Å²) in [6.45, 7) is 1.53. The van der Waals surface area contributed by atoms with Gasteiger partial charge in [0, 0.05) is 25.1 Å². The van der Waals surface area contributed by atoms with Crippen LogP contribution < -0.4 is 5.32 Å². The van der Waals surface area contributed by atoms with Gasteiger partial charge in [-0.15, -0.1) is 0 Å². The molecule has 2 N–H and O–H groups in total. The molecule has 0 spiro atoms. The fourth-order valence-corrected chi connectivity index (χ4v) is 2.20. The molecule has 0 aliphatic carbocycles. The molecule has 19 heavy (non-hydrogen) atoms. The highest BCUT2D eigenvalue weighted by molar-refractivity contribution is 5.57. The summed E-state index contributed by atoms with van der Waals surface area (Å²) in [6, 6.07) is 5.22. The number of hydrogen-bond donors (Lipinski definition) is 2. The Morgan fingerprint density at radius 1 is 1.21 bits per heavy atom. The highest BCUT2D eigenvalue weighted by Crippen LogP contribution is 2.31. The average Bonchev–Trinajstić information content (AvgIpc) is 2.81. The molecule has 0 unspecified atom stereocenters. The number of nitrogens with one attached hydrogen (secondary N) is 2. The maximum Gasteiger partial charge on any atom is 0.416 e. The number of aromatic nitrogens is 2. The molecule has 100 valence electrons. The number of halogens is 3. The number of hydrogen-bond acceptors (Lipinski definition) is 2. The zero-order chi connectivity index (χ0) is 13.5. The van der Waals surface area contributed by atoms with Crippen LogP contribution in [0.3, 0.4) is 0 Å². The van der Waals surface area contributed by atoms with Gasteiger partial charge in [-0.25, -0.2) is 4.98 Å². The molecule has 0 bridgehead atoms. The quantitative estimate of drug-likeness (QED) is 0.834. The standard InChI is InChI=1S/C13H12F3N3/c14-13(15,16)9-3-1-2-8(6-9)12-18-10-4-5-17-7-11(10)19-12/h1-3,6,17H,4-5,7H2,(H,18,19). The second-order valence-electron chi connectivity index (χ2n) is 4.52. The number of alkyl halides is 3. The second-order valence-corrected chi connectivity index (χ2v) is 4.52. The fourth-order valence-electron chi connectivity index (χ4n) is 2.20. The molecule has 1 aliphatic heterocycles. The summed E-state index contributed by atoms with van der Waals surface area (Å²) in [5, 5.41) is 3.19. The molecule has 3 rings (SSSR count). The van der Waals surface area contributed by atoms with E-state index in [4.69, 9.17) is 0 Å². The van der Waals surface area contributed by atoms with Crippen molar-refractivity contribution < 1.29 is 13.2 Å². The van der Waals surface area contributed by atoms with Gasteiger partial charge in [0.2, 0.25) is 0 Å². The highest BCUT2D eigenvalue weighted by Gasteiger charge is 2.30. The fraction of sp³-hybridized carbons (Fsp3) is 0.308. The summed E-state index contributed by atoms with van der Waals surface area (Å²) in [4.78, 5) is 7.47. The Morgan fingerprint density at radius 3 is 2.79 bits per heavy atom. The lowest BCUT2D eigenvalue weighted by Crippen LogP contribution is -2.23. The molecule has 0 radical (unpaired) electrons. The van der Waals surface area contributed by atoms with Gasteiger partial charge in [0.05, 0.1) is 17.0 Å². The van der Waals surface area contributed by atoms with Crippen molar-refractivity contribution in [1.29, 1.82) is 0 Å². The van der Waals surface area contributed by atoms with Crippen LogP contribution in [0.5, 0.6) is 0 Å². The average molecular weight is 267 g/mol. The molecule has 6 heteroatoms. The van der Waals surface area contributed by atoms with E-state index in [2.05, 4.69) is 15.3 Å². The van der Waals surface area contributed by atoms with Crippen molar-refractivity contribution in [2.24, 2.45) is 0 Å². The number of imidazole rings is 1. The van der Waals surface area contributed by atoms with E-state index >= 15 is 0 Å². The minimum Gasteiger partial charge on any atom is -0.341 e. The van der Waals surface area contributed by atoms with Crippen molar-refractivity contribution in [2.45, 2.75) is 19.1 Å². The first-order chi connectivity index (χ1) is 9.04. The van der Waals surface area contributed by atoms with Crippen molar-refractivity contribution in [1.82, 2.24) is 15.3 Å². The lowest BCUT2D eigenvalue weighted by molar-refractivity contribution is -0.137. The summed E-state index contributed by atoms with van der Waals surface area (Å²) in [5.74, 6) is 0.500. The molecule has 1 aromatic carbocycles. The first-order valence-corrected chi connectivity index (χ1v) is 6.00. The number of aromatic amines is 1. The van der Waals surface area contributed by atoms with Gasteiger partial charge >= 0.3 is 6.18 Å². The molecule has 2 heterocycles. The van der Waals surface area contributed by atoms with Crippen LogP contribution in [-0.4, -0.2) is 16.5 Å². The Morgan fingerprint density at radius 2 is 2.05 bits per heavy atom. The Hall–Kier alpha value is -1.82. The molecule has 0 amide bonds. The van der Waals surface area contributed by atoms with Gasteiger partial charge in [-0.3, -0.25) is 0 Å². The van der Waals surface area contributed by atoms with Crippen molar-refractivity contribution in [2.75, 3.05) is 6.54 Å². The number of fused-ring (bicyclic) bond motifs is 1. The first-order valence-electron chi connectivity index (χ1n) is 6.00. The van der Waals surface area contributed by atoms with Crippen LogP contribution in [0.25, 0.3) is 11.4 Å². The number of rotatable bonds is 1. The van der Waals surface area contributed by atoms with Crippen LogP contribution in [-0.2, 0) is 19.1 Å². The monoisotopic (exact) mass is 267 g/mol. The molecule has 0 saturated carbocycles. The van der Waals surface area contributed by atoms with Gasteiger partial charge in [0.15, 0.2) is 0 Å². The predicted octanol–water partition coefficient (Wildman–Crippen LogP) is 2.74. The van der Waals surface area contributed by atoms with Crippen molar-refractivity contribution >= 4 is 0 Å². The van der Waals surface area contributed by atoms with Gasteiger partial charge in [0.25, 0.3) is 0 Å². The Balaban J connectivity index is 2.00. The zero-order valence-electron chi connectivity index (χ0n) is 10.0. The van der Waals surface area contributed by atoms with E-state index < -0.39 is 11.7 Å². The van der Waals surface area contributed by atoms with Crippen LogP contribution in [0.4, 0.5) is 13.2 Å². The van der Waals surface area contributed by atoms with Crippen LogP contribution >= 0.6 is 0 Å². The predicted molar refractivity (Wildman–Crippen MR) is 64.4 cm³/mol. The van der Waals surface area contributed by atoms with Gasteiger partial charge in [-0.05, 0) is 12.1 Å². The molecule has 0 atom stereocenters. The van der Waals surface area contributed by atoms with E-state index in [0.717, 1.165) is 36.5 Å².